The predicted octanol–water partition coefficient (Wildman–Crippen LogP) is 2.98. The van der Waals surface area contributed by atoms with Gasteiger partial charge in [0.1, 0.15) is 0 Å². The molecule has 92 valence electrons. The van der Waals surface area contributed by atoms with Crippen molar-refractivity contribution in [2.24, 2.45) is 0 Å². The van der Waals surface area contributed by atoms with Crippen molar-refractivity contribution in [3.63, 3.8) is 0 Å². The average molecular weight is 270 g/mol. The number of fused-ring (bicyclic) bond motifs is 5. The van der Waals surface area contributed by atoms with Crippen LogP contribution >= 0.6 is 11.6 Å². The summed E-state index contributed by atoms with van der Waals surface area (Å²) < 4.78 is 1.39. The highest BCUT2D eigenvalue weighted by Gasteiger charge is 2.11. The molecule has 0 saturated carbocycles. The van der Waals surface area contributed by atoms with E-state index < -0.39 is 0 Å². The van der Waals surface area contributed by atoms with Crippen LogP contribution in [0.1, 0.15) is 0 Å². The van der Waals surface area contributed by atoms with Crippen LogP contribution in [0.4, 0.5) is 0 Å². The van der Waals surface area contributed by atoms with Crippen LogP contribution < -0.4 is 5.69 Å². The van der Waals surface area contributed by atoms with E-state index in [0.29, 0.717) is 5.02 Å². The monoisotopic (exact) mass is 269 g/mol. The maximum atomic E-state index is 12.1. The first-order valence-electron chi connectivity index (χ1n) is 5.83. The third-order valence-electron chi connectivity index (χ3n) is 3.25. The molecular formula is C14H8ClN3O. The summed E-state index contributed by atoms with van der Waals surface area (Å²) in [4.78, 5) is 14.9. The van der Waals surface area contributed by atoms with E-state index in [2.05, 4.69) is 10.1 Å². The van der Waals surface area contributed by atoms with Crippen LogP contribution in [-0.2, 0) is 0 Å². The Morgan fingerprint density at radius 2 is 1.95 bits per heavy atom. The molecule has 0 aliphatic carbocycles. The number of nitrogens with one attached hydrogen (secondary N) is 1. The number of H-pyrrole nitrogens is 1. The summed E-state index contributed by atoms with van der Waals surface area (Å²) in [5.74, 6) is 0. The zero-order chi connectivity index (χ0) is 13.0. The first kappa shape index (κ1) is 10.6. The SMILES string of the molecule is O=c1[nH]c2ccc(Cl)cc2c2c3ccccc3nn12. The van der Waals surface area contributed by atoms with Gasteiger partial charge in [-0.3, -0.25) is 0 Å². The molecule has 2 aromatic heterocycles. The van der Waals surface area contributed by atoms with Gasteiger partial charge in [-0.1, -0.05) is 29.8 Å². The van der Waals surface area contributed by atoms with Crippen molar-refractivity contribution in [2.75, 3.05) is 0 Å². The maximum Gasteiger partial charge on any atom is 0.347 e. The Labute approximate surface area is 112 Å². The molecule has 0 amide bonds. The number of hydrogen-bond acceptors (Lipinski definition) is 2. The van der Waals surface area contributed by atoms with Crippen LogP contribution in [0.25, 0.3) is 27.3 Å². The number of hydrogen-bond donors (Lipinski definition) is 1. The topological polar surface area (TPSA) is 50.2 Å². The van der Waals surface area contributed by atoms with E-state index in [0.717, 1.165) is 27.3 Å². The van der Waals surface area contributed by atoms with E-state index in [1.54, 1.807) is 12.1 Å². The van der Waals surface area contributed by atoms with Crippen LogP contribution in [0.3, 0.4) is 0 Å². The Balaban J connectivity index is 2.42. The highest BCUT2D eigenvalue weighted by molar-refractivity contribution is 6.31. The Morgan fingerprint density at radius 1 is 1.11 bits per heavy atom. The average Bonchev–Trinajstić information content (AvgIpc) is 2.80. The molecule has 0 unspecified atom stereocenters. The summed E-state index contributed by atoms with van der Waals surface area (Å²) in [5.41, 5.74) is 2.09. The quantitative estimate of drug-likeness (QED) is 0.533. The van der Waals surface area contributed by atoms with E-state index in [1.807, 2.05) is 30.3 Å². The molecule has 19 heavy (non-hydrogen) atoms. The molecule has 0 bridgehead atoms. The predicted molar refractivity (Wildman–Crippen MR) is 75.8 cm³/mol. The lowest BCUT2D eigenvalue weighted by Gasteiger charge is -2.01. The minimum absolute atomic E-state index is 0.249. The molecule has 0 atom stereocenters. The van der Waals surface area contributed by atoms with Crippen LogP contribution in [-0.4, -0.2) is 14.6 Å². The number of aromatic nitrogens is 3. The van der Waals surface area contributed by atoms with E-state index >= 15 is 0 Å². The molecule has 2 aromatic carbocycles. The third kappa shape index (κ3) is 1.40. The summed E-state index contributed by atoms with van der Waals surface area (Å²) in [7, 11) is 0. The van der Waals surface area contributed by atoms with Gasteiger partial charge in [0.2, 0.25) is 0 Å². The summed E-state index contributed by atoms with van der Waals surface area (Å²) >= 11 is 6.06. The van der Waals surface area contributed by atoms with Gasteiger partial charge in [-0.05, 0) is 24.3 Å². The molecule has 0 aliphatic heterocycles. The van der Waals surface area contributed by atoms with E-state index in [1.165, 1.54) is 4.52 Å². The Kier molecular flexibility index (Phi) is 2.00. The lowest BCUT2D eigenvalue weighted by molar-refractivity contribution is 0.896. The second-order valence-corrected chi connectivity index (χ2v) is 4.83. The first-order chi connectivity index (χ1) is 9.24. The van der Waals surface area contributed by atoms with Gasteiger partial charge in [0.25, 0.3) is 0 Å². The number of aromatic amines is 1. The van der Waals surface area contributed by atoms with Crippen LogP contribution in [0.2, 0.25) is 5.02 Å². The molecule has 4 aromatic rings. The van der Waals surface area contributed by atoms with E-state index in [9.17, 15) is 4.79 Å². The van der Waals surface area contributed by atoms with Gasteiger partial charge in [0, 0.05) is 15.8 Å². The molecule has 0 saturated heterocycles. The molecule has 0 radical (unpaired) electrons. The molecule has 5 heteroatoms. The summed E-state index contributed by atoms with van der Waals surface area (Å²) in [6, 6.07) is 13.1. The number of nitrogens with zero attached hydrogens (tertiary/aromatic N) is 2. The minimum atomic E-state index is -0.249. The van der Waals surface area contributed by atoms with Gasteiger partial charge in [0.15, 0.2) is 0 Å². The third-order valence-corrected chi connectivity index (χ3v) is 3.48. The van der Waals surface area contributed by atoms with Crippen molar-refractivity contribution < 1.29 is 0 Å². The van der Waals surface area contributed by atoms with E-state index in [-0.39, 0.29) is 5.69 Å². The second-order valence-electron chi connectivity index (χ2n) is 4.40. The van der Waals surface area contributed by atoms with Crippen molar-refractivity contribution >= 4 is 38.9 Å². The molecule has 0 spiro atoms. The highest BCUT2D eigenvalue weighted by atomic mass is 35.5. The zero-order valence-electron chi connectivity index (χ0n) is 9.72. The molecule has 4 nitrogen and oxygen atoms in total. The van der Waals surface area contributed by atoms with Gasteiger partial charge in [-0.15, -0.1) is 0 Å². The first-order valence-corrected chi connectivity index (χ1v) is 6.21. The van der Waals surface area contributed by atoms with Crippen molar-refractivity contribution in [3.8, 4) is 0 Å². The largest absolute Gasteiger partial charge is 0.347 e. The van der Waals surface area contributed by atoms with Crippen LogP contribution in [0, 0.1) is 0 Å². The molecule has 0 aliphatic rings. The Morgan fingerprint density at radius 3 is 2.84 bits per heavy atom. The van der Waals surface area contributed by atoms with Gasteiger partial charge in [0.05, 0.1) is 16.6 Å². The Hall–Kier alpha value is -2.33. The molecule has 0 fully saturated rings. The van der Waals surface area contributed by atoms with Crippen molar-refractivity contribution in [1.29, 1.82) is 0 Å². The molecule has 2 heterocycles. The fraction of sp³-hybridized carbons (Fsp3) is 0. The zero-order valence-corrected chi connectivity index (χ0v) is 10.5. The van der Waals surface area contributed by atoms with Crippen LogP contribution in [0.5, 0.6) is 0 Å². The molecule has 4 rings (SSSR count). The molecular weight excluding hydrogens is 262 g/mol. The second kappa shape index (κ2) is 3.59. The number of halogens is 1. The standard InChI is InChI=1S/C14H8ClN3O/c15-8-5-6-11-10(7-8)13-9-3-1-2-4-12(9)17-18(13)14(19)16-11/h1-7H,(H,16,19). The van der Waals surface area contributed by atoms with Crippen molar-refractivity contribution in [2.45, 2.75) is 0 Å². The lowest BCUT2D eigenvalue weighted by atomic mass is 10.1. The van der Waals surface area contributed by atoms with E-state index in [4.69, 9.17) is 11.6 Å². The fourth-order valence-electron chi connectivity index (χ4n) is 2.43. The summed E-state index contributed by atoms with van der Waals surface area (Å²) in [6.07, 6.45) is 0. The van der Waals surface area contributed by atoms with Crippen molar-refractivity contribution in [1.82, 2.24) is 14.6 Å². The minimum Gasteiger partial charge on any atom is -0.305 e. The van der Waals surface area contributed by atoms with Gasteiger partial charge in [-0.2, -0.15) is 9.61 Å². The number of benzene rings is 2. The maximum absolute atomic E-state index is 12.1. The lowest BCUT2D eigenvalue weighted by Crippen LogP contribution is -2.17. The van der Waals surface area contributed by atoms with Gasteiger partial charge < -0.3 is 4.98 Å². The summed E-state index contributed by atoms with van der Waals surface area (Å²) in [5, 5.41) is 6.79. The normalized spacial score (nSPS) is 11.6. The van der Waals surface area contributed by atoms with Gasteiger partial charge >= 0.3 is 5.69 Å². The van der Waals surface area contributed by atoms with Crippen molar-refractivity contribution in [3.05, 3.63) is 58.0 Å². The highest BCUT2D eigenvalue weighted by Crippen LogP contribution is 2.26. The summed E-state index contributed by atoms with van der Waals surface area (Å²) in [6.45, 7) is 0. The number of rotatable bonds is 0. The Bertz CT molecular complexity index is 1000. The molecule has 1 N–H and O–H groups in total. The van der Waals surface area contributed by atoms with Crippen LogP contribution in [0.15, 0.2) is 47.3 Å². The fourth-order valence-corrected chi connectivity index (χ4v) is 2.60. The smallest absolute Gasteiger partial charge is 0.305 e. The van der Waals surface area contributed by atoms with Gasteiger partial charge in [-0.25, -0.2) is 4.79 Å².